The van der Waals surface area contributed by atoms with E-state index in [-0.39, 0.29) is 11.9 Å². The number of nitrogens with one attached hydrogen (secondary N) is 1. The van der Waals surface area contributed by atoms with Gasteiger partial charge in [0.05, 0.1) is 12.1 Å². The molecule has 0 bridgehead atoms. The largest absolute Gasteiger partial charge is 0.433 e. The monoisotopic (exact) mass is 281 g/mol. The molecule has 0 saturated carbocycles. The number of furan rings is 1. The molecule has 112 valence electrons. The van der Waals surface area contributed by atoms with Crippen molar-refractivity contribution in [3.05, 3.63) is 28.0 Å². The van der Waals surface area contributed by atoms with Gasteiger partial charge in [0.2, 0.25) is 0 Å². The molecule has 6 nitrogen and oxygen atoms in total. The molecule has 1 fully saturated rings. The average Bonchev–Trinajstić information content (AvgIpc) is 2.90. The Kier molecular flexibility index (Phi) is 5.14. The predicted molar refractivity (Wildman–Crippen MR) is 76.6 cm³/mol. The normalized spacial score (nSPS) is 18.4. The van der Waals surface area contributed by atoms with Crippen LogP contribution in [0.25, 0.3) is 0 Å². The Bertz CT molecular complexity index is 439. The summed E-state index contributed by atoms with van der Waals surface area (Å²) in [5, 5.41) is 14.1. The van der Waals surface area contributed by atoms with E-state index < -0.39 is 4.92 Å². The maximum Gasteiger partial charge on any atom is 0.433 e. The van der Waals surface area contributed by atoms with Gasteiger partial charge in [0.15, 0.2) is 0 Å². The molecule has 6 heteroatoms. The molecule has 1 aliphatic heterocycles. The molecule has 0 radical (unpaired) electrons. The van der Waals surface area contributed by atoms with Crippen LogP contribution in [0.5, 0.6) is 0 Å². The minimum Gasteiger partial charge on any atom is -0.404 e. The van der Waals surface area contributed by atoms with Crippen molar-refractivity contribution >= 4 is 5.88 Å². The maximum absolute atomic E-state index is 10.8. The molecule has 0 amide bonds. The van der Waals surface area contributed by atoms with E-state index in [1.165, 1.54) is 6.07 Å². The van der Waals surface area contributed by atoms with Crippen LogP contribution < -0.4 is 5.32 Å². The molecule has 2 rings (SSSR count). The highest BCUT2D eigenvalue weighted by Crippen LogP contribution is 2.31. The predicted octanol–water partition coefficient (Wildman–Crippen LogP) is 2.57. The second kappa shape index (κ2) is 6.85. The van der Waals surface area contributed by atoms with Crippen LogP contribution in [0.4, 0.5) is 5.88 Å². The molecule has 0 spiro atoms. The summed E-state index contributed by atoms with van der Waals surface area (Å²) >= 11 is 0. The van der Waals surface area contributed by atoms with Gasteiger partial charge in [-0.15, -0.1) is 0 Å². The highest BCUT2D eigenvalue weighted by Gasteiger charge is 2.26. The van der Waals surface area contributed by atoms with Crippen LogP contribution in [0.15, 0.2) is 16.5 Å². The van der Waals surface area contributed by atoms with E-state index >= 15 is 0 Å². The molecule has 1 aliphatic rings. The Labute approximate surface area is 119 Å². The lowest BCUT2D eigenvalue weighted by Gasteiger charge is -2.34. The summed E-state index contributed by atoms with van der Waals surface area (Å²) in [7, 11) is 0. The van der Waals surface area contributed by atoms with E-state index in [0.29, 0.717) is 5.92 Å². The SMILES string of the molecule is CC(C)CC[C@@H](c1ccc([N+](=O)[O-])o1)N1CCNCC1. The second-order valence-corrected chi connectivity index (χ2v) is 5.71. The topological polar surface area (TPSA) is 71.5 Å². The quantitative estimate of drug-likeness (QED) is 0.641. The van der Waals surface area contributed by atoms with Gasteiger partial charge in [0, 0.05) is 26.2 Å². The van der Waals surface area contributed by atoms with Crippen molar-refractivity contribution in [3.8, 4) is 0 Å². The summed E-state index contributed by atoms with van der Waals surface area (Å²) in [5.74, 6) is 1.18. The molecular weight excluding hydrogens is 258 g/mol. The zero-order valence-corrected chi connectivity index (χ0v) is 12.2. The summed E-state index contributed by atoms with van der Waals surface area (Å²) in [4.78, 5) is 12.7. The maximum atomic E-state index is 10.8. The van der Waals surface area contributed by atoms with Crippen molar-refractivity contribution in [2.75, 3.05) is 26.2 Å². The van der Waals surface area contributed by atoms with Crippen LogP contribution in [0.1, 0.15) is 38.5 Å². The van der Waals surface area contributed by atoms with Gasteiger partial charge in [-0.05, 0) is 24.8 Å². The molecule has 1 aromatic heterocycles. The zero-order chi connectivity index (χ0) is 14.5. The van der Waals surface area contributed by atoms with Crippen LogP contribution in [0.2, 0.25) is 0 Å². The van der Waals surface area contributed by atoms with E-state index in [4.69, 9.17) is 4.42 Å². The first kappa shape index (κ1) is 15.0. The van der Waals surface area contributed by atoms with Gasteiger partial charge in [0.25, 0.3) is 0 Å². The molecule has 1 N–H and O–H groups in total. The fraction of sp³-hybridized carbons (Fsp3) is 0.714. The fourth-order valence-electron chi connectivity index (χ4n) is 2.61. The Hall–Kier alpha value is -1.40. The first-order valence-electron chi connectivity index (χ1n) is 7.27. The van der Waals surface area contributed by atoms with Gasteiger partial charge in [-0.25, -0.2) is 0 Å². The van der Waals surface area contributed by atoms with Crippen molar-refractivity contribution < 1.29 is 9.34 Å². The number of nitrogens with zero attached hydrogens (tertiary/aromatic N) is 2. The Morgan fingerprint density at radius 2 is 2.05 bits per heavy atom. The number of hydrogen-bond acceptors (Lipinski definition) is 5. The average molecular weight is 281 g/mol. The standard InChI is InChI=1S/C14H23N3O3/c1-11(2)3-4-12(16-9-7-15-8-10-16)13-5-6-14(20-13)17(18)19/h5-6,11-12,15H,3-4,7-10H2,1-2H3/t12-/m0/s1. The summed E-state index contributed by atoms with van der Waals surface area (Å²) in [5.41, 5.74) is 0. The van der Waals surface area contributed by atoms with Gasteiger partial charge >= 0.3 is 5.88 Å². The van der Waals surface area contributed by atoms with Crippen LogP contribution in [-0.4, -0.2) is 36.0 Å². The van der Waals surface area contributed by atoms with E-state index in [1.54, 1.807) is 6.07 Å². The third-order valence-electron chi connectivity index (χ3n) is 3.73. The highest BCUT2D eigenvalue weighted by atomic mass is 16.6. The second-order valence-electron chi connectivity index (χ2n) is 5.71. The third-order valence-corrected chi connectivity index (χ3v) is 3.73. The smallest absolute Gasteiger partial charge is 0.404 e. The summed E-state index contributed by atoms with van der Waals surface area (Å²) in [6.07, 6.45) is 2.06. The van der Waals surface area contributed by atoms with Crippen molar-refractivity contribution in [1.82, 2.24) is 10.2 Å². The van der Waals surface area contributed by atoms with Crippen molar-refractivity contribution in [3.63, 3.8) is 0 Å². The summed E-state index contributed by atoms with van der Waals surface area (Å²) in [6, 6.07) is 3.36. The minimum atomic E-state index is -0.471. The molecule has 2 heterocycles. The van der Waals surface area contributed by atoms with Crippen LogP contribution in [-0.2, 0) is 0 Å². The van der Waals surface area contributed by atoms with Crippen LogP contribution >= 0.6 is 0 Å². The first-order chi connectivity index (χ1) is 9.58. The first-order valence-corrected chi connectivity index (χ1v) is 7.27. The van der Waals surface area contributed by atoms with Crippen molar-refractivity contribution in [2.45, 2.75) is 32.7 Å². The Morgan fingerprint density at radius 3 is 2.60 bits per heavy atom. The Morgan fingerprint density at radius 1 is 1.35 bits per heavy atom. The Balaban J connectivity index is 2.12. The van der Waals surface area contributed by atoms with E-state index in [0.717, 1.165) is 44.8 Å². The van der Waals surface area contributed by atoms with Crippen LogP contribution in [0, 0.1) is 16.0 Å². The fourth-order valence-corrected chi connectivity index (χ4v) is 2.61. The van der Waals surface area contributed by atoms with E-state index in [1.807, 2.05) is 0 Å². The van der Waals surface area contributed by atoms with Crippen molar-refractivity contribution in [1.29, 1.82) is 0 Å². The number of piperazine rings is 1. The number of rotatable bonds is 6. The molecule has 1 saturated heterocycles. The van der Waals surface area contributed by atoms with Gasteiger partial charge in [0.1, 0.15) is 10.7 Å². The molecule has 20 heavy (non-hydrogen) atoms. The number of hydrogen-bond donors (Lipinski definition) is 1. The third kappa shape index (κ3) is 3.80. The minimum absolute atomic E-state index is 0.146. The van der Waals surface area contributed by atoms with Gasteiger partial charge in [-0.3, -0.25) is 15.0 Å². The molecule has 0 unspecified atom stereocenters. The van der Waals surface area contributed by atoms with Gasteiger partial charge in [-0.2, -0.15) is 0 Å². The molecule has 0 aromatic carbocycles. The van der Waals surface area contributed by atoms with Gasteiger partial charge < -0.3 is 9.73 Å². The molecule has 0 aliphatic carbocycles. The lowest BCUT2D eigenvalue weighted by molar-refractivity contribution is -0.402. The summed E-state index contributed by atoms with van der Waals surface area (Å²) < 4.78 is 5.43. The lowest BCUT2D eigenvalue weighted by Crippen LogP contribution is -2.45. The zero-order valence-electron chi connectivity index (χ0n) is 12.2. The molecule has 1 aromatic rings. The highest BCUT2D eigenvalue weighted by molar-refractivity contribution is 5.20. The lowest BCUT2D eigenvalue weighted by atomic mass is 10.00. The molecule has 1 atom stereocenters. The van der Waals surface area contributed by atoms with Crippen molar-refractivity contribution in [2.24, 2.45) is 5.92 Å². The van der Waals surface area contributed by atoms with E-state index in [2.05, 4.69) is 24.1 Å². The summed E-state index contributed by atoms with van der Waals surface area (Å²) in [6.45, 7) is 8.22. The molecular formula is C14H23N3O3. The van der Waals surface area contributed by atoms with Crippen LogP contribution in [0.3, 0.4) is 0 Å². The number of nitro groups is 1. The van der Waals surface area contributed by atoms with Gasteiger partial charge in [-0.1, -0.05) is 13.8 Å². The van der Waals surface area contributed by atoms with E-state index in [9.17, 15) is 10.1 Å².